The smallest absolute Gasteiger partial charge is 0.0648 e. The van der Waals surface area contributed by atoms with Crippen molar-refractivity contribution in [1.82, 2.24) is 0 Å². The fourth-order valence-corrected chi connectivity index (χ4v) is 10.1. The first kappa shape index (κ1) is 27.0. The van der Waals surface area contributed by atoms with Crippen LogP contribution in [0.2, 0.25) is 0 Å². The van der Waals surface area contributed by atoms with Gasteiger partial charge in [0.2, 0.25) is 0 Å². The van der Waals surface area contributed by atoms with Crippen molar-refractivity contribution in [3.05, 3.63) is 23.8 Å². The Morgan fingerprint density at radius 3 is 2.40 bits per heavy atom. The second-order valence-electron chi connectivity index (χ2n) is 13.8. The molecule has 0 aromatic heterocycles. The SMILES string of the molecule is C#C/C=C\C(=C/C)C[C@H](O)[C@@H](C)[C@H]1CC[C@@]2(C)[C@@H]3CC[C@H]4C[C@](O)(CC)CC[C@]4(C)[C@H]3CC[C@]12C. The van der Waals surface area contributed by atoms with Crippen molar-refractivity contribution >= 4 is 0 Å². The molecular weight excluding hydrogens is 428 g/mol. The summed E-state index contributed by atoms with van der Waals surface area (Å²) in [4.78, 5) is 0. The third-order valence-electron chi connectivity index (χ3n) is 12.8. The summed E-state index contributed by atoms with van der Waals surface area (Å²) in [6, 6.07) is 0. The molecule has 4 aliphatic carbocycles. The molecule has 4 saturated carbocycles. The Kier molecular flexibility index (Phi) is 7.47. The molecule has 0 radical (unpaired) electrons. The zero-order valence-electron chi connectivity index (χ0n) is 23.4. The molecule has 2 nitrogen and oxygen atoms in total. The quantitative estimate of drug-likeness (QED) is 0.302. The van der Waals surface area contributed by atoms with Crippen molar-refractivity contribution in [2.45, 2.75) is 124 Å². The lowest BCUT2D eigenvalue weighted by molar-refractivity contribution is -0.181. The molecule has 196 valence electrons. The van der Waals surface area contributed by atoms with Gasteiger partial charge in [0, 0.05) is 0 Å². The third kappa shape index (κ3) is 4.28. The van der Waals surface area contributed by atoms with E-state index in [1.807, 2.05) is 13.0 Å². The van der Waals surface area contributed by atoms with E-state index in [1.54, 1.807) is 6.08 Å². The molecular formula is C33H52O2. The zero-order chi connectivity index (χ0) is 25.6. The van der Waals surface area contributed by atoms with Crippen LogP contribution in [0.5, 0.6) is 0 Å². The Morgan fingerprint density at radius 1 is 1.03 bits per heavy atom. The van der Waals surface area contributed by atoms with Crippen LogP contribution in [0, 0.1) is 58.2 Å². The maximum atomic E-state index is 11.3. The van der Waals surface area contributed by atoms with Crippen LogP contribution in [0.3, 0.4) is 0 Å². The van der Waals surface area contributed by atoms with Crippen LogP contribution >= 0.6 is 0 Å². The minimum atomic E-state index is -0.421. The molecule has 0 heterocycles. The fourth-order valence-electron chi connectivity index (χ4n) is 10.1. The van der Waals surface area contributed by atoms with E-state index in [-0.39, 0.29) is 12.0 Å². The molecule has 2 N–H and O–H groups in total. The van der Waals surface area contributed by atoms with E-state index >= 15 is 0 Å². The molecule has 0 aliphatic heterocycles. The number of hydrogen-bond donors (Lipinski definition) is 2. The predicted octanol–water partition coefficient (Wildman–Crippen LogP) is 7.70. The summed E-state index contributed by atoms with van der Waals surface area (Å²) < 4.78 is 0. The van der Waals surface area contributed by atoms with Crippen LogP contribution in [0.4, 0.5) is 0 Å². The van der Waals surface area contributed by atoms with E-state index in [1.165, 1.54) is 44.9 Å². The van der Waals surface area contributed by atoms with Crippen LogP contribution < -0.4 is 0 Å². The molecule has 10 atom stereocenters. The van der Waals surface area contributed by atoms with Crippen molar-refractivity contribution in [1.29, 1.82) is 0 Å². The van der Waals surface area contributed by atoms with Crippen molar-refractivity contribution in [3.8, 4) is 12.3 Å². The summed E-state index contributed by atoms with van der Waals surface area (Å²) in [6.45, 7) is 14.3. The van der Waals surface area contributed by atoms with Crippen molar-refractivity contribution < 1.29 is 10.2 Å². The van der Waals surface area contributed by atoms with E-state index in [0.29, 0.717) is 34.5 Å². The number of hydrogen-bond acceptors (Lipinski definition) is 2. The Bertz CT molecular complexity index is 880. The normalized spacial score (nSPS) is 47.5. The van der Waals surface area contributed by atoms with Gasteiger partial charge in [-0.2, -0.15) is 0 Å². The molecule has 0 saturated heterocycles. The van der Waals surface area contributed by atoms with Gasteiger partial charge in [0.25, 0.3) is 0 Å². The van der Waals surface area contributed by atoms with Gasteiger partial charge in [-0.3, -0.25) is 0 Å². The largest absolute Gasteiger partial charge is 0.392 e. The van der Waals surface area contributed by atoms with Gasteiger partial charge >= 0.3 is 0 Å². The Hall–Kier alpha value is -1.04. The zero-order valence-corrected chi connectivity index (χ0v) is 23.4. The first-order valence-corrected chi connectivity index (χ1v) is 14.7. The molecule has 0 unspecified atom stereocenters. The minimum Gasteiger partial charge on any atom is -0.392 e. The first-order chi connectivity index (χ1) is 16.5. The second-order valence-corrected chi connectivity index (χ2v) is 13.8. The molecule has 35 heavy (non-hydrogen) atoms. The van der Waals surface area contributed by atoms with Crippen molar-refractivity contribution in [2.75, 3.05) is 0 Å². The fraction of sp³-hybridized carbons (Fsp3) is 0.818. The highest BCUT2D eigenvalue weighted by molar-refractivity contribution is 5.25. The maximum absolute atomic E-state index is 11.3. The van der Waals surface area contributed by atoms with Crippen LogP contribution in [0.15, 0.2) is 23.8 Å². The van der Waals surface area contributed by atoms with E-state index in [9.17, 15) is 10.2 Å². The molecule has 0 aromatic carbocycles. The average Bonchev–Trinajstić information content (AvgIpc) is 3.12. The standard InChI is InChI=1S/C33H52O2/c1-8-11-12-24(9-2)21-29(34)23(4)26-15-17-32(7)28-14-13-25-22-33(35,10-3)20-19-30(25,5)27(28)16-18-31(26,32)6/h1,9,11-12,23,25-29,34-35H,10,13-22H2,2-7H3/b12-11-,24-9+/t23-,25-,26+,27-,28+,29-,30-,31+,32-,33-/m0/s1. The van der Waals surface area contributed by atoms with Gasteiger partial charge in [-0.15, -0.1) is 6.42 Å². The maximum Gasteiger partial charge on any atom is 0.0648 e. The van der Waals surface area contributed by atoms with E-state index < -0.39 is 5.60 Å². The number of aliphatic hydroxyl groups excluding tert-OH is 1. The number of fused-ring (bicyclic) bond motifs is 5. The Labute approximate surface area is 216 Å². The summed E-state index contributed by atoms with van der Waals surface area (Å²) in [5.74, 6) is 5.70. The van der Waals surface area contributed by atoms with Crippen LogP contribution in [0.25, 0.3) is 0 Å². The molecule has 2 heteroatoms. The van der Waals surface area contributed by atoms with Crippen LogP contribution in [-0.4, -0.2) is 21.9 Å². The summed E-state index contributed by atoms with van der Waals surface area (Å²) in [7, 11) is 0. The van der Waals surface area contributed by atoms with Gasteiger partial charge in [-0.25, -0.2) is 0 Å². The highest BCUT2D eigenvalue weighted by atomic mass is 16.3. The summed E-state index contributed by atoms with van der Waals surface area (Å²) in [5, 5.41) is 22.4. The van der Waals surface area contributed by atoms with E-state index in [4.69, 9.17) is 6.42 Å². The van der Waals surface area contributed by atoms with Gasteiger partial charge in [-0.1, -0.05) is 52.7 Å². The molecule has 0 amide bonds. The van der Waals surface area contributed by atoms with Crippen molar-refractivity contribution in [3.63, 3.8) is 0 Å². The number of rotatable bonds is 6. The molecule has 0 aromatic rings. The highest BCUT2D eigenvalue weighted by Gasteiger charge is 2.66. The lowest BCUT2D eigenvalue weighted by Crippen LogP contribution is -2.59. The Morgan fingerprint density at radius 2 is 1.74 bits per heavy atom. The first-order valence-electron chi connectivity index (χ1n) is 14.7. The second kappa shape index (κ2) is 9.68. The third-order valence-corrected chi connectivity index (χ3v) is 12.8. The summed E-state index contributed by atoms with van der Waals surface area (Å²) in [5.41, 5.74) is 1.75. The van der Waals surface area contributed by atoms with Gasteiger partial charge < -0.3 is 10.2 Å². The van der Waals surface area contributed by atoms with E-state index in [0.717, 1.165) is 36.7 Å². The van der Waals surface area contributed by atoms with Crippen molar-refractivity contribution in [2.24, 2.45) is 45.8 Å². The molecule has 4 aliphatic rings. The van der Waals surface area contributed by atoms with Gasteiger partial charge in [0.1, 0.15) is 0 Å². The monoisotopic (exact) mass is 480 g/mol. The van der Waals surface area contributed by atoms with E-state index in [2.05, 4.69) is 46.6 Å². The summed E-state index contributed by atoms with van der Waals surface area (Å²) >= 11 is 0. The lowest BCUT2D eigenvalue weighted by Gasteiger charge is -2.65. The molecule has 4 rings (SSSR count). The van der Waals surface area contributed by atoms with Gasteiger partial charge in [-0.05, 0) is 135 Å². The molecule has 4 fully saturated rings. The average molecular weight is 481 g/mol. The molecule has 0 bridgehead atoms. The van der Waals surface area contributed by atoms with Crippen LogP contribution in [-0.2, 0) is 0 Å². The lowest BCUT2D eigenvalue weighted by atomic mass is 9.39. The van der Waals surface area contributed by atoms with Crippen LogP contribution in [0.1, 0.15) is 112 Å². The number of aliphatic hydroxyl groups is 2. The topological polar surface area (TPSA) is 40.5 Å². The number of terminal acetylenes is 1. The predicted molar refractivity (Wildman–Crippen MR) is 147 cm³/mol. The van der Waals surface area contributed by atoms with Gasteiger partial charge in [0.15, 0.2) is 0 Å². The summed E-state index contributed by atoms with van der Waals surface area (Å²) in [6.07, 6.45) is 23.5. The number of allylic oxidation sites excluding steroid dienone is 3. The highest BCUT2D eigenvalue weighted by Crippen LogP contribution is 2.73. The minimum absolute atomic E-state index is 0.286. The Balaban J connectivity index is 1.53. The molecule has 0 spiro atoms. The van der Waals surface area contributed by atoms with Gasteiger partial charge in [0.05, 0.1) is 11.7 Å².